The summed E-state index contributed by atoms with van der Waals surface area (Å²) in [6.45, 7) is 1.58. The average Bonchev–Trinajstić information content (AvgIpc) is 2.99. The molecule has 1 aromatic carbocycles. The molecule has 0 amide bonds. The smallest absolute Gasteiger partial charge is 0.187 e. The molecular formula is C14H19N3O2S. The predicted molar refractivity (Wildman–Crippen MR) is 83.3 cm³/mol. The highest BCUT2D eigenvalue weighted by Crippen LogP contribution is 2.10. The van der Waals surface area contributed by atoms with Crippen molar-refractivity contribution in [2.24, 2.45) is 5.10 Å². The zero-order valence-corrected chi connectivity index (χ0v) is 12.3. The van der Waals surface area contributed by atoms with E-state index in [4.69, 9.17) is 21.7 Å². The lowest BCUT2D eigenvalue weighted by atomic mass is 10.2. The summed E-state index contributed by atoms with van der Waals surface area (Å²) in [6, 6.07) is 7.62. The molecule has 1 aliphatic heterocycles. The van der Waals surface area contributed by atoms with Gasteiger partial charge in [-0.05, 0) is 54.9 Å². The summed E-state index contributed by atoms with van der Waals surface area (Å²) in [4.78, 5) is 0. The number of thiocarbonyl (C=S) groups is 1. The van der Waals surface area contributed by atoms with Crippen LogP contribution in [0.3, 0.4) is 0 Å². The third kappa shape index (κ3) is 4.79. The zero-order chi connectivity index (χ0) is 14.2. The molecule has 1 atom stereocenters. The Morgan fingerprint density at radius 1 is 1.50 bits per heavy atom. The quantitative estimate of drug-likeness (QED) is 0.491. The second-order valence-electron chi connectivity index (χ2n) is 4.49. The van der Waals surface area contributed by atoms with Gasteiger partial charge in [0.15, 0.2) is 5.11 Å². The second-order valence-corrected chi connectivity index (χ2v) is 4.90. The maximum absolute atomic E-state index is 5.50. The van der Waals surface area contributed by atoms with Gasteiger partial charge in [-0.1, -0.05) is 0 Å². The van der Waals surface area contributed by atoms with Crippen molar-refractivity contribution in [3.05, 3.63) is 29.8 Å². The number of hydrogen-bond acceptors (Lipinski definition) is 4. The second kappa shape index (κ2) is 7.81. The monoisotopic (exact) mass is 293 g/mol. The first-order valence-electron chi connectivity index (χ1n) is 6.60. The maximum atomic E-state index is 5.50. The summed E-state index contributed by atoms with van der Waals surface area (Å²) >= 11 is 5.13. The Bertz CT molecular complexity index is 456. The highest BCUT2D eigenvalue weighted by molar-refractivity contribution is 7.80. The molecule has 1 fully saturated rings. The van der Waals surface area contributed by atoms with Crippen LogP contribution in [0.4, 0.5) is 0 Å². The van der Waals surface area contributed by atoms with E-state index in [2.05, 4.69) is 15.8 Å². The summed E-state index contributed by atoms with van der Waals surface area (Å²) in [6.07, 6.45) is 4.19. The van der Waals surface area contributed by atoms with Crippen molar-refractivity contribution < 1.29 is 9.47 Å². The molecule has 1 heterocycles. The fourth-order valence-electron chi connectivity index (χ4n) is 1.91. The Balaban J connectivity index is 1.69. The van der Waals surface area contributed by atoms with Gasteiger partial charge in [0.2, 0.25) is 0 Å². The summed E-state index contributed by atoms with van der Waals surface area (Å²) in [5, 5.41) is 7.68. The van der Waals surface area contributed by atoms with E-state index in [-0.39, 0.29) is 6.10 Å². The summed E-state index contributed by atoms with van der Waals surface area (Å²) in [5.41, 5.74) is 3.76. The van der Waals surface area contributed by atoms with E-state index in [1.165, 1.54) is 0 Å². The first-order chi connectivity index (χ1) is 9.78. The van der Waals surface area contributed by atoms with Crippen molar-refractivity contribution in [3.8, 4) is 5.75 Å². The Morgan fingerprint density at radius 2 is 2.30 bits per heavy atom. The van der Waals surface area contributed by atoms with Crippen molar-refractivity contribution >= 4 is 23.5 Å². The van der Waals surface area contributed by atoms with E-state index in [0.717, 1.165) is 37.3 Å². The van der Waals surface area contributed by atoms with Crippen LogP contribution in [-0.2, 0) is 4.74 Å². The van der Waals surface area contributed by atoms with E-state index in [1.54, 1.807) is 13.3 Å². The molecule has 1 aromatic rings. The first-order valence-corrected chi connectivity index (χ1v) is 7.01. The highest BCUT2D eigenvalue weighted by atomic mass is 32.1. The average molecular weight is 293 g/mol. The molecule has 0 unspecified atom stereocenters. The Morgan fingerprint density at radius 3 is 2.95 bits per heavy atom. The van der Waals surface area contributed by atoms with Gasteiger partial charge in [0.05, 0.1) is 19.4 Å². The number of nitrogens with one attached hydrogen (secondary N) is 2. The number of rotatable bonds is 5. The van der Waals surface area contributed by atoms with Crippen LogP contribution < -0.4 is 15.5 Å². The summed E-state index contributed by atoms with van der Waals surface area (Å²) in [7, 11) is 1.64. The van der Waals surface area contributed by atoms with Crippen LogP contribution >= 0.6 is 12.2 Å². The van der Waals surface area contributed by atoms with Crippen LogP contribution in [0.15, 0.2) is 29.4 Å². The normalized spacial score (nSPS) is 18.1. The van der Waals surface area contributed by atoms with Gasteiger partial charge in [0.25, 0.3) is 0 Å². The molecule has 108 valence electrons. The summed E-state index contributed by atoms with van der Waals surface area (Å²) in [5.74, 6) is 0.823. The minimum absolute atomic E-state index is 0.264. The standard InChI is InChI=1S/C14H19N3O2S/c1-18-12-6-4-11(5-7-12)9-16-17-14(20)15-10-13-3-2-8-19-13/h4-7,9,13H,2-3,8,10H2,1H3,(H2,15,17,20)/b16-9-/t13-/m0/s1. The highest BCUT2D eigenvalue weighted by Gasteiger charge is 2.14. The first kappa shape index (κ1) is 14.7. The number of benzene rings is 1. The SMILES string of the molecule is COc1ccc(/C=N\NC(=S)NC[C@@H]2CCCO2)cc1. The lowest BCUT2D eigenvalue weighted by Gasteiger charge is -2.11. The van der Waals surface area contributed by atoms with Gasteiger partial charge in [0.1, 0.15) is 5.75 Å². The van der Waals surface area contributed by atoms with Gasteiger partial charge in [-0.2, -0.15) is 5.10 Å². The molecule has 0 spiro atoms. The summed E-state index contributed by atoms with van der Waals surface area (Å²) < 4.78 is 10.6. The lowest BCUT2D eigenvalue weighted by Crippen LogP contribution is -2.37. The fourth-order valence-corrected chi connectivity index (χ4v) is 2.04. The van der Waals surface area contributed by atoms with E-state index < -0.39 is 0 Å². The topological polar surface area (TPSA) is 54.9 Å². The van der Waals surface area contributed by atoms with Gasteiger partial charge in [-0.25, -0.2) is 0 Å². The largest absolute Gasteiger partial charge is 0.497 e. The van der Waals surface area contributed by atoms with Crippen LogP contribution in [0.25, 0.3) is 0 Å². The molecular weight excluding hydrogens is 274 g/mol. The van der Waals surface area contributed by atoms with Gasteiger partial charge in [-0.15, -0.1) is 0 Å². The zero-order valence-electron chi connectivity index (χ0n) is 11.5. The Hall–Kier alpha value is -1.66. The van der Waals surface area contributed by atoms with E-state index in [9.17, 15) is 0 Å². The van der Waals surface area contributed by atoms with Crippen molar-refractivity contribution in [2.75, 3.05) is 20.3 Å². The number of methoxy groups -OCH3 is 1. The lowest BCUT2D eigenvalue weighted by molar-refractivity contribution is 0.114. The molecule has 0 radical (unpaired) electrons. The van der Waals surface area contributed by atoms with Crippen molar-refractivity contribution in [3.63, 3.8) is 0 Å². The minimum Gasteiger partial charge on any atom is -0.497 e. The Kier molecular flexibility index (Phi) is 5.76. The van der Waals surface area contributed by atoms with Gasteiger partial charge < -0.3 is 14.8 Å². The number of ether oxygens (including phenoxy) is 2. The van der Waals surface area contributed by atoms with Crippen LogP contribution in [0.2, 0.25) is 0 Å². The van der Waals surface area contributed by atoms with E-state index in [1.807, 2.05) is 24.3 Å². The maximum Gasteiger partial charge on any atom is 0.187 e. The van der Waals surface area contributed by atoms with Crippen LogP contribution in [-0.4, -0.2) is 37.7 Å². The van der Waals surface area contributed by atoms with Crippen molar-refractivity contribution in [1.82, 2.24) is 10.7 Å². The molecule has 0 bridgehead atoms. The number of nitrogens with zero attached hydrogens (tertiary/aromatic N) is 1. The molecule has 20 heavy (non-hydrogen) atoms. The molecule has 6 heteroatoms. The fraction of sp³-hybridized carbons (Fsp3) is 0.429. The van der Waals surface area contributed by atoms with Gasteiger partial charge >= 0.3 is 0 Å². The predicted octanol–water partition coefficient (Wildman–Crippen LogP) is 1.67. The third-order valence-corrected chi connectivity index (χ3v) is 3.25. The molecule has 2 rings (SSSR count). The molecule has 0 saturated carbocycles. The molecule has 0 aliphatic carbocycles. The van der Waals surface area contributed by atoms with Crippen molar-refractivity contribution in [2.45, 2.75) is 18.9 Å². The van der Waals surface area contributed by atoms with Crippen LogP contribution in [0, 0.1) is 0 Å². The minimum atomic E-state index is 0.264. The molecule has 0 aromatic heterocycles. The number of hydrazone groups is 1. The van der Waals surface area contributed by atoms with Gasteiger partial charge in [-0.3, -0.25) is 5.43 Å². The molecule has 5 nitrogen and oxygen atoms in total. The molecule has 2 N–H and O–H groups in total. The molecule has 1 saturated heterocycles. The van der Waals surface area contributed by atoms with E-state index >= 15 is 0 Å². The van der Waals surface area contributed by atoms with Gasteiger partial charge in [0, 0.05) is 13.2 Å². The van der Waals surface area contributed by atoms with E-state index in [0.29, 0.717) is 5.11 Å². The third-order valence-electron chi connectivity index (χ3n) is 3.01. The number of hydrogen-bond donors (Lipinski definition) is 2. The Labute approximate surface area is 124 Å². The van der Waals surface area contributed by atoms with Crippen molar-refractivity contribution in [1.29, 1.82) is 0 Å². The van der Waals surface area contributed by atoms with Crippen LogP contribution in [0.5, 0.6) is 5.75 Å². The van der Waals surface area contributed by atoms with Crippen LogP contribution in [0.1, 0.15) is 18.4 Å². The molecule has 1 aliphatic rings.